The number of aryl methyl sites for hydroxylation is 1. The zero-order chi connectivity index (χ0) is 19.1. The van der Waals surface area contributed by atoms with E-state index in [1.807, 2.05) is 17.5 Å². The fraction of sp³-hybridized carbons (Fsp3) is 0.421. The summed E-state index contributed by atoms with van der Waals surface area (Å²) in [6.45, 7) is 6.31. The van der Waals surface area contributed by atoms with Crippen LogP contribution in [-0.4, -0.2) is 27.9 Å². The molecule has 27 heavy (non-hydrogen) atoms. The van der Waals surface area contributed by atoms with Crippen LogP contribution >= 0.6 is 22.7 Å². The van der Waals surface area contributed by atoms with E-state index in [1.54, 1.807) is 13.1 Å². The van der Waals surface area contributed by atoms with Crippen molar-refractivity contribution in [3.05, 3.63) is 39.0 Å². The number of hydrogen-bond donors (Lipinski definition) is 1. The number of ether oxygens (including phenoxy) is 1. The van der Waals surface area contributed by atoms with Crippen LogP contribution in [-0.2, 0) is 17.6 Å². The Morgan fingerprint density at radius 1 is 1.37 bits per heavy atom. The van der Waals surface area contributed by atoms with E-state index in [0.29, 0.717) is 28.8 Å². The molecule has 0 radical (unpaired) electrons. The maximum absolute atomic E-state index is 12.7. The first-order valence-corrected chi connectivity index (χ1v) is 10.7. The Balaban J connectivity index is 1.66. The highest BCUT2D eigenvalue weighted by Crippen LogP contribution is 2.40. The van der Waals surface area contributed by atoms with Crippen molar-refractivity contribution in [2.24, 2.45) is 5.92 Å². The number of imidazole rings is 1. The molecule has 4 rings (SSSR count). The number of amides is 1. The Morgan fingerprint density at radius 2 is 2.19 bits per heavy atom. The number of aromatic nitrogens is 2. The van der Waals surface area contributed by atoms with Gasteiger partial charge < -0.3 is 10.1 Å². The number of anilines is 1. The van der Waals surface area contributed by atoms with E-state index < -0.39 is 0 Å². The number of carbonyl (C=O) groups excluding carboxylic acids is 2. The van der Waals surface area contributed by atoms with E-state index in [-0.39, 0.29) is 11.9 Å². The zero-order valence-electron chi connectivity index (χ0n) is 15.5. The lowest BCUT2D eigenvalue weighted by Crippen LogP contribution is -2.17. The number of thiazole rings is 1. The standard InChI is InChI=1S/C19H21N3O3S2/c1-4-25-18(24)15-12-6-5-10(2)7-14(12)27-17(15)21-16(23)13-9-22-8-11(3)26-19(22)20-13/h8-10H,4-7H2,1-3H3,(H,21,23). The number of nitrogens with one attached hydrogen (secondary N) is 1. The van der Waals surface area contributed by atoms with Gasteiger partial charge >= 0.3 is 5.97 Å². The van der Waals surface area contributed by atoms with Crippen LogP contribution in [0.15, 0.2) is 12.4 Å². The van der Waals surface area contributed by atoms with Gasteiger partial charge in [0.2, 0.25) is 0 Å². The van der Waals surface area contributed by atoms with Crippen molar-refractivity contribution in [2.75, 3.05) is 11.9 Å². The Labute approximate surface area is 165 Å². The summed E-state index contributed by atoms with van der Waals surface area (Å²) in [4.78, 5) is 32.8. The van der Waals surface area contributed by atoms with Crippen LogP contribution in [0.2, 0.25) is 0 Å². The molecule has 1 aliphatic rings. The second-order valence-electron chi connectivity index (χ2n) is 6.89. The molecule has 1 aliphatic carbocycles. The number of hydrogen-bond acceptors (Lipinski definition) is 6. The fourth-order valence-electron chi connectivity index (χ4n) is 3.45. The molecule has 1 N–H and O–H groups in total. The molecule has 1 amide bonds. The second kappa shape index (κ2) is 7.09. The Hall–Kier alpha value is -2.19. The summed E-state index contributed by atoms with van der Waals surface area (Å²) in [6.07, 6.45) is 6.48. The Morgan fingerprint density at radius 3 is 2.93 bits per heavy atom. The predicted octanol–water partition coefficient (Wildman–Crippen LogP) is 4.32. The van der Waals surface area contributed by atoms with Crippen molar-refractivity contribution in [2.45, 2.75) is 40.0 Å². The summed E-state index contributed by atoms with van der Waals surface area (Å²) in [7, 11) is 0. The highest BCUT2D eigenvalue weighted by atomic mass is 32.1. The van der Waals surface area contributed by atoms with E-state index in [1.165, 1.54) is 27.6 Å². The molecule has 0 aromatic carbocycles. The number of fused-ring (bicyclic) bond motifs is 2. The smallest absolute Gasteiger partial charge is 0.341 e. The van der Waals surface area contributed by atoms with Crippen LogP contribution in [0, 0.1) is 12.8 Å². The lowest BCUT2D eigenvalue weighted by atomic mass is 9.88. The first-order chi connectivity index (χ1) is 13.0. The van der Waals surface area contributed by atoms with Gasteiger partial charge in [-0.05, 0) is 44.6 Å². The Kier molecular flexibility index (Phi) is 4.77. The summed E-state index contributed by atoms with van der Waals surface area (Å²) in [5, 5.41) is 3.49. The molecule has 0 spiro atoms. The van der Waals surface area contributed by atoms with Crippen LogP contribution in [0.4, 0.5) is 5.00 Å². The van der Waals surface area contributed by atoms with Crippen molar-refractivity contribution in [1.82, 2.24) is 9.38 Å². The van der Waals surface area contributed by atoms with Crippen molar-refractivity contribution < 1.29 is 14.3 Å². The van der Waals surface area contributed by atoms with Gasteiger partial charge in [0.25, 0.3) is 5.91 Å². The van der Waals surface area contributed by atoms with Crippen LogP contribution in [0.25, 0.3) is 4.96 Å². The van der Waals surface area contributed by atoms with Crippen LogP contribution < -0.4 is 5.32 Å². The average molecular weight is 404 g/mol. The van der Waals surface area contributed by atoms with E-state index in [0.717, 1.165) is 34.7 Å². The molecule has 142 valence electrons. The number of carbonyl (C=O) groups is 2. The predicted molar refractivity (Wildman–Crippen MR) is 107 cm³/mol. The van der Waals surface area contributed by atoms with Crippen LogP contribution in [0.1, 0.15) is 56.4 Å². The number of rotatable bonds is 4. The molecule has 0 bridgehead atoms. The zero-order valence-corrected chi connectivity index (χ0v) is 17.1. The lowest BCUT2D eigenvalue weighted by molar-refractivity contribution is 0.0526. The minimum atomic E-state index is -0.360. The van der Waals surface area contributed by atoms with E-state index in [9.17, 15) is 9.59 Å². The van der Waals surface area contributed by atoms with E-state index in [2.05, 4.69) is 17.2 Å². The first kappa shape index (κ1) is 18.2. The summed E-state index contributed by atoms with van der Waals surface area (Å²) in [5.41, 5.74) is 1.90. The maximum Gasteiger partial charge on any atom is 0.341 e. The van der Waals surface area contributed by atoms with Gasteiger partial charge in [-0.15, -0.1) is 22.7 Å². The van der Waals surface area contributed by atoms with Gasteiger partial charge in [0.1, 0.15) is 10.7 Å². The molecule has 1 unspecified atom stereocenters. The van der Waals surface area contributed by atoms with Gasteiger partial charge in [-0.1, -0.05) is 6.92 Å². The highest BCUT2D eigenvalue weighted by Gasteiger charge is 2.29. The topological polar surface area (TPSA) is 72.7 Å². The first-order valence-electron chi connectivity index (χ1n) is 9.04. The Bertz CT molecular complexity index is 999. The molecule has 3 aromatic heterocycles. The molecule has 3 aromatic rings. The summed E-state index contributed by atoms with van der Waals surface area (Å²) in [6, 6.07) is 0. The molecule has 0 fully saturated rings. The number of nitrogens with zero attached hydrogens (tertiary/aromatic N) is 2. The number of esters is 1. The van der Waals surface area contributed by atoms with Gasteiger partial charge in [0, 0.05) is 22.1 Å². The third-order valence-electron chi connectivity index (χ3n) is 4.72. The monoisotopic (exact) mass is 403 g/mol. The molecule has 0 saturated carbocycles. The molecule has 0 aliphatic heterocycles. The molecular weight excluding hydrogens is 382 g/mol. The SMILES string of the molecule is CCOC(=O)c1c(NC(=O)c2cn3cc(C)sc3n2)sc2c1CCC(C)C2. The molecule has 8 heteroatoms. The molecule has 1 atom stereocenters. The number of thiophene rings is 1. The third kappa shape index (κ3) is 3.39. The van der Waals surface area contributed by atoms with Crippen molar-refractivity contribution in [3.63, 3.8) is 0 Å². The molecule has 0 saturated heterocycles. The van der Waals surface area contributed by atoms with E-state index in [4.69, 9.17) is 4.74 Å². The van der Waals surface area contributed by atoms with Gasteiger partial charge in [-0.3, -0.25) is 9.20 Å². The minimum Gasteiger partial charge on any atom is -0.462 e. The average Bonchev–Trinajstić information content (AvgIpc) is 3.24. The second-order valence-corrected chi connectivity index (χ2v) is 9.21. The van der Waals surface area contributed by atoms with Gasteiger partial charge in [-0.2, -0.15) is 0 Å². The van der Waals surface area contributed by atoms with Gasteiger partial charge in [0.05, 0.1) is 12.2 Å². The van der Waals surface area contributed by atoms with Crippen LogP contribution in [0.3, 0.4) is 0 Å². The van der Waals surface area contributed by atoms with E-state index >= 15 is 0 Å². The van der Waals surface area contributed by atoms with Crippen LogP contribution in [0.5, 0.6) is 0 Å². The molecule has 6 nitrogen and oxygen atoms in total. The largest absolute Gasteiger partial charge is 0.462 e. The minimum absolute atomic E-state index is 0.305. The highest BCUT2D eigenvalue weighted by molar-refractivity contribution is 7.17. The fourth-order valence-corrected chi connectivity index (χ4v) is 5.65. The van der Waals surface area contributed by atoms with Crippen molar-refractivity contribution in [3.8, 4) is 0 Å². The van der Waals surface area contributed by atoms with Crippen molar-refractivity contribution >= 4 is 44.5 Å². The molecular formula is C19H21N3O3S2. The normalized spacial score (nSPS) is 16.3. The summed E-state index contributed by atoms with van der Waals surface area (Å²) < 4.78 is 7.10. The van der Waals surface area contributed by atoms with Crippen molar-refractivity contribution in [1.29, 1.82) is 0 Å². The molecule has 3 heterocycles. The van der Waals surface area contributed by atoms with Gasteiger partial charge in [0.15, 0.2) is 4.96 Å². The lowest BCUT2D eigenvalue weighted by Gasteiger charge is -2.18. The summed E-state index contributed by atoms with van der Waals surface area (Å²) in [5.74, 6) is -0.0834. The quantitative estimate of drug-likeness (QED) is 0.659. The summed E-state index contributed by atoms with van der Waals surface area (Å²) >= 11 is 3.02. The van der Waals surface area contributed by atoms with Gasteiger partial charge in [-0.25, -0.2) is 9.78 Å². The maximum atomic E-state index is 12.7. The third-order valence-corrected chi connectivity index (χ3v) is 6.80.